The van der Waals surface area contributed by atoms with E-state index < -0.39 is 10.0 Å². The molecule has 0 aliphatic heterocycles. The Balaban J connectivity index is 2.50. The first-order valence-corrected chi connectivity index (χ1v) is 7.37. The van der Waals surface area contributed by atoms with Crippen LogP contribution in [0, 0.1) is 0 Å². The third-order valence-corrected chi connectivity index (χ3v) is 3.38. The summed E-state index contributed by atoms with van der Waals surface area (Å²) in [5.41, 5.74) is 0. The van der Waals surface area contributed by atoms with Gasteiger partial charge in [-0.3, -0.25) is 4.72 Å². The summed E-state index contributed by atoms with van der Waals surface area (Å²) in [5.74, 6) is 0.510. The average molecular weight is 283 g/mol. The van der Waals surface area contributed by atoms with Crippen LogP contribution in [0.15, 0.2) is 0 Å². The lowest BCUT2D eigenvalue weighted by Crippen LogP contribution is -2.17. The first-order valence-electron chi connectivity index (χ1n) is 5.19. The Morgan fingerprint density at radius 3 is 2.88 bits per heavy atom. The van der Waals surface area contributed by atoms with Crippen molar-refractivity contribution in [1.82, 2.24) is 15.2 Å². The number of aromatic nitrogens is 3. The molecule has 0 unspecified atom stereocenters. The molecule has 0 amide bonds. The Labute approximate surface area is 105 Å². The van der Waals surface area contributed by atoms with Crippen molar-refractivity contribution in [3.63, 3.8) is 0 Å². The Kier molecular flexibility index (Phi) is 5.49. The molecule has 1 rings (SSSR count). The molecule has 1 aromatic rings. The Morgan fingerprint density at radius 2 is 2.24 bits per heavy atom. The van der Waals surface area contributed by atoms with Crippen molar-refractivity contribution in [2.75, 3.05) is 23.0 Å². The van der Waals surface area contributed by atoms with E-state index >= 15 is 0 Å². The van der Waals surface area contributed by atoms with Gasteiger partial charge in [-0.1, -0.05) is 0 Å². The number of anilines is 1. The van der Waals surface area contributed by atoms with E-state index in [1.807, 2.05) is 0 Å². The molecule has 1 heterocycles. The van der Waals surface area contributed by atoms with Crippen LogP contribution >= 0.6 is 11.6 Å². The van der Waals surface area contributed by atoms with Crippen LogP contribution in [0.25, 0.3) is 0 Å². The molecule has 98 valence electrons. The summed E-state index contributed by atoms with van der Waals surface area (Å²) >= 11 is 5.47. The van der Waals surface area contributed by atoms with Crippen molar-refractivity contribution in [1.29, 1.82) is 0 Å². The van der Waals surface area contributed by atoms with Crippen LogP contribution in [0.5, 0.6) is 6.01 Å². The minimum atomic E-state index is -3.41. The second-order valence-corrected chi connectivity index (χ2v) is 5.44. The molecule has 0 fully saturated rings. The minimum Gasteiger partial charge on any atom is -0.463 e. The van der Waals surface area contributed by atoms with E-state index in [-0.39, 0.29) is 17.7 Å². The number of aromatic amines is 1. The van der Waals surface area contributed by atoms with Crippen LogP contribution in [-0.4, -0.2) is 41.8 Å². The summed E-state index contributed by atoms with van der Waals surface area (Å²) in [4.78, 5) is 3.81. The molecule has 1 aromatic heterocycles. The lowest BCUT2D eigenvalue weighted by molar-refractivity contribution is 0.314. The third-order valence-electron chi connectivity index (χ3n) is 1.79. The molecular formula is C8H15ClN4O3S. The maximum absolute atomic E-state index is 11.6. The van der Waals surface area contributed by atoms with Gasteiger partial charge in [-0.15, -0.1) is 16.7 Å². The van der Waals surface area contributed by atoms with Gasteiger partial charge < -0.3 is 4.74 Å². The highest BCUT2D eigenvalue weighted by Crippen LogP contribution is 2.08. The van der Waals surface area contributed by atoms with E-state index in [1.165, 1.54) is 0 Å². The number of halogens is 1. The molecule has 0 radical (unpaired) electrons. The monoisotopic (exact) mass is 282 g/mol. The number of hydrogen-bond donors (Lipinski definition) is 2. The fraction of sp³-hybridized carbons (Fsp3) is 0.750. The van der Waals surface area contributed by atoms with E-state index in [0.29, 0.717) is 25.3 Å². The van der Waals surface area contributed by atoms with Gasteiger partial charge in [0.2, 0.25) is 16.0 Å². The first kappa shape index (κ1) is 14.0. The van der Waals surface area contributed by atoms with E-state index in [0.717, 1.165) is 0 Å². The number of unbranched alkanes of at least 4 members (excludes halogenated alkanes) is 1. The number of rotatable bonds is 8. The molecule has 0 aliphatic rings. The Morgan fingerprint density at radius 1 is 1.47 bits per heavy atom. The number of ether oxygens (including phenoxy) is 1. The van der Waals surface area contributed by atoms with Crippen LogP contribution < -0.4 is 9.46 Å². The standard InChI is InChI=1S/C8H15ClN4O3S/c1-2-16-8-10-7(11-12-8)13-17(14,15)6-4-3-5-9/h2-6H2,1H3,(H2,10,11,12,13). The Bertz CT molecular complexity index is 434. The van der Waals surface area contributed by atoms with Gasteiger partial charge in [0.15, 0.2) is 0 Å². The molecule has 9 heteroatoms. The molecule has 0 aliphatic carbocycles. The first-order chi connectivity index (χ1) is 8.07. The quantitative estimate of drug-likeness (QED) is 0.547. The summed E-state index contributed by atoms with van der Waals surface area (Å²) in [6.45, 7) is 2.20. The number of nitrogens with one attached hydrogen (secondary N) is 2. The van der Waals surface area contributed by atoms with Gasteiger partial charge in [0.1, 0.15) is 0 Å². The van der Waals surface area contributed by atoms with Gasteiger partial charge in [0.05, 0.1) is 12.4 Å². The molecule has 0 aromatic carbocycles. The largest absolute Gasteiger partial charge is 0.463 e. The van der Waals surface area contributed by atoms with Crippen molar-refractivity contribution in [3.05, 3.63) is 0 Å². The number of nitrogens with zero attached hydrogens (tertiary/aromatic N) is 2. The third kappa shape index (κ3) is 5.22. The second kappa shape index (κ2) is 6.65. The minimum absolute atomic E-state index is 0.00435. The fourth-order valence-corrected chi connectivity index (χ4v) is 2.33. The van der Waals surface area contributed by atoms with Gasteiger partial charge >= 0.3 is 6.01 Å². The summed E-state index contributed by atoms with van der Waals surface area (Å²) in [6, 6.07) is 0.117. The van der Waals surface area contributed by atoms with Crippen LogP contribution in [0.1, 0.15) is 19.8 Å². The topological polar surface area (TPSA) is 97.0 Å². The zero-order valence-corrected chi connectivity index (χ0v) is 11.0. The molecule has 2 N–H and O–H groups in total. The summed E-state index contributed by atoms with van der Waals surface area (Å²) in [6.07, 6.45) is 1.16. The lowest BCUT2D eigenvalue weighted by Gasteiger charge is -2.03. The van der Waals surface area contributed by atoms with E-state index in [9.17, 15) is 8.42 Å². The maximum Gasteiger partial charge on any atom is 0.337 e. The molecule has 0 saturated heterocycles. The predicted octanol–water partition coefficient (Wildman–Crippen LogP) is 0.964. The van der Waals surface area contributed by atoms with Gasteiger partial charge in [-0.2, -0.15) is 4.98 Å². The van der Waals surface area contributed by atoms with E-state index in [2.05, 4.69) is 19.9 Å². The summed E-state index contributed by atoms with van der Waals surface area (Å²) in [5, 5.41) is 6.11. The van der Waals surface area contributed by atoms with Gasteiger partial charge in [-0.05, 0) is 19.8 Å². The predicted molar refractivity (Wildman–Crippen MR) is 64.9 cm³/mol. The molecule has 0 spiro atoms. The summed E-state index contributed by atoms with van der Waals surface area (Å²) in [7, 11) is -3.41. The van der Waals surface area contributed by atoms with E-state index in [4.69, 9.17) is 16.3 Å². The number of alkyl halides is 1. The normalized spacial score (nSPS) is 11.4. The van der Waals surface area contributed by atoms with Crippen LogP contribution in [0.4, 0.5) is 5.95 Å². The highest BCUT2D eigenvalue weighted by Gasteiger charge is 2.13. The smallest absolute Gasteiger partial charge is 0.337 e. The second-order valence-electron chi connectivity index (χ2n) is 3.22. The van der Waals surface area contributed by atoms with Crippen LogP contribution in [0.2, 0.25) is 0 Å². The van der Waals surface area contributed by atoms with Crippen molar-refractivity contribution >= 4 is 27.6 Å². The van der Waals surface area contributed by atoms with Crippen LogP contribution in [0.3, 0.4) is 0 Å². The molecule has 0 bridgehead atoms. The molecule has 17 heavy (non-hydrogen) atoms. The highest BCUT2D eigenvalue weighted by atomic mass is 35.5. The maximum atomic E-state index is 11.6. The Hall–Kier alpha value is -1.02. The molecular weight excluding hydrogens is 268 g/mol. The van der Waals surface area contributed by atoms with Gasteiger partial charge in [-0.25, -0.2) is 13.5 Å². The summed E-state index contributed by atoms with van der Waals surface area (Å²) < 4.78 is 30.4. The van der Waals surface area contributed by atoms with E-state index in [1.54, 1.807) is 6.92 Å². The SMILES string of the molecule is CCOc1n[nH]c(NS(=O)(=O)CCCCCl)n1. The lowest BCUT2D eigenvalue weighted by atomic mass is 10.4. The molecule has 7 nitrogen and oxygen atoms in total. The zero-order valence-electron chi connectivity index (χ0n) is 9.44. The molecule has 0 saturated carbocycles. The van der Waals surface area contributed by atoms with Crippen molar-refractivity contribution < 1.29 is 13.2 Å². The van der Waals surface area contributed by atoms with Gasteiger partial charge in [0, 0.05) is 5.88 Å². The average Bonchev–Trinajstić information content (AvgIpc) is 2.65. The number of H-pyrrole nitrogens is 1. The van der Waals surface area contributed by atoms with Gasteiger partial charge in [0.25, 0.3) is 0 Å². The van der Waals surface area contributed by atoms with Crippen LogP contribution in [-0.2, 0) is 10.0 Å². The van der Waals surface area contributed by atoms with Crippen molar-refractivity contribution in [2.45, 2.75) is 19.8 Å². The van der Waals surface area contributed by atoms with Crippen molar-refractivity contribution in [2.24, 2.45) is 0 Å². The fourth-order valence-electron chi connectivity index (χ4n) is 1.07. The number of sulfonamides is 1. The number of hydrogen-bond acceptors (Lipinski definition) is 5. The highest BCUT2D eigenvalue weighted by molar-refractivity contribution is 7.92. The molecule has 0 atom stereocenters. The zero-order chi connectivity index (χ0) is 12.7. The van der Waals surface area contributed by atoms with Crippen molar-refractivity contribution in [3.8, 4) is 6.01 Å².